The van der Waals surface area contributed by atoms with Crippen molar-refractivity contribution in [1.29, 1.82) is 5.26 Å². The van der Waals surface area contributed by atoms with E-state index in [9.17, 15) is 8.78 Å². The summed E-state index contributed by atoms with van der Waals surface area (Å²) in [5, 5.41) is 19.8. The van der Waals surface area contributed by atoms with Crippen LogP contribution in [0.1, 0.15) is 0 Å². The van der Waals surface area contributed by atoms with Crippen LogP contribution in [0.4, 0.5) is 20.7 Å². The quantitative estimate of drug-likeness (QED) is 0.150. The molecule has 53 heavy (non-hydrogen) atoms. The van der Waals surface area contributed by atoms with E-state index in [2.05, 4.69) is 41.3 Å². The number of H-pyrrole nitrogens is 1. The molecule has 0 aliphatic carbocycles. The molecule has 4 aromatic carbocycles. The molecule has 0 unspecified atom stereocenters. The van der Waals surface area contributed by atoms with E-state index in [1.165, 1.54) is 36.9 Å². The van der Waals surface area contributed by atoms with Crippen molar-refractivity contribution in [2.75, 3.05) is 11.5 Å². The topological polar surface area (TPSA) is 174 Å². The molecule has 0 bridgehead atoms. The van der Waals surface area contributed by atoms with Crippen LogP contribution in [0.2, 0.25) is 0 Å². The maximum atomic E-state index is 14.8. The van der Waals surface area contributed by atoms with Crippen LogP contribution in [0, 0.1) is 23.0 Å². The fourth-order valence-corrected chi connectivity index (χ4v) is 5.82. The lowest BCUT2D eigenvalue weighted by Gasteiger charge is -2.10. The van der Waals surface area contributed by atoms with Gasteiger partial charge in [0, 0.05) is 70.6 Å². The minimum atomic E-state index is -0.374. The van der Waals surface area contributed by atoms with Crippen LogP contribution in [0.25, 0.3) is 66.8 Å². The first-order valence-corrected chi connectivity index (χ1v) is 16.2. The summed E-state index contributed by atoms with van der Waals surface area (Å²) in [6.07, 6.45) is 13.1. The van der Waals surface area contributed by atoms with Gasteiger partial charge in [0.2, 0.25) is 11.9 Å². The molecule has 8 rings (SSSR count). The molecule has 258 valence electrons. The van der Waals surface area contributed by atoms with Crippen LogP contribution >= 0.6 is 0 Å². The van der Waals surface area contributed by atoms with Gasteiger partial charge in [-0.3, -0.25) is 9.78 Å². The molecule has 13 heteroatoms. The number of aromatic amines is 1. The molecule has 8 aromatic rings. The highest BCUT2D eigenvalue weighted by atomic mass is 19.1. The van der Waals surface area contributed by atoms with Crippen molar-refractivity contribution in [2.45, 2.75) is 6.54 Å². The van der Waals surface area contributed by atoms with E-state index < -0.39 is 0 Å². The number of nitrogen functional groups attached to an aromatic ring is 2. The molecule has 0 saturated carbocycles. The Bertz CT molecular complexity index is 2540. The fourth-order valence-electron chi connectivity index (χ4n) is 5.82. The molecule has 0 atom stereocenters. The van der Waals surface area contributed by atoms with Gasteiger partial charge in [-0.05, 0) is 45.5 Å². The summed E-state index contributed by atoms with van der Waals surface area (Å²) in [5.74, 6) is -0.407. The normalized spacial score (nSPS) is 10.7. The zero-order chi connectivity index (χ0) is 36.7. The fraction of sp³-hybridized carbons (Fsp3) is 0.0250. The number of nitrogens with one attached hydrogen (secondary N) is 1. The van der Waals surface area contributed by atoms with E-state index in [1.807, 2.05) is 66.9 Å². The molecule has 11 nitrogen and oxygen atoms in total. The van der Waals surface area contributed by atoms with Gasteiger partial charge < -0.3 is 11.5 Å². The highest BCUT2D eigenvalue weighted by molar-refractivity contribution is 5.85. The molecule has 0 spiro atoms. The maximum Gasteiger partial charge on any atom is 0.219 e. The average Bonchev–Trinajstić information content (AvgIpc) is 3.90. The van der Waals surface area contributed by atoms with E-state index in [-0.39, 0.29) is 30.1 Å². The van der Waals surface area contributed by atoms with E-state index in [1.54, 1.807) is 35.4 Å². The van der Waals surface area contributed by atoms with Crippen molar-refractivity contribution >= 4 is 11.9 Å². The monoisotopic (exact) mass is 701 g/mol. The first-order chi connectivity index (χ1) is 25.9. The molecule has 4 heterocycles. The molecule has 0 saturated heterocycles. The van der Waals surface area contributed by atoms with Crippen molar-refractivity contribution in [3.05, 3.63) is 146 Å². The summed E-state index contributed by atoms with van der Waals surface area (Å²) in [4.78, 5) is 15.7. The summed E-state index contributed by atoms with van der Waals surface area (Å²) < 4.78 is 31.1. The van der Waals surface area contributed by atoms with Gasteiger partial charge in [-0.2, -0.15) is 15.5 Å². The SMILES string of the molecule is N#CCn1cc(-c2ccccc2-c2ccc(-c3cnc(N)nc3)c(F)c2)cn1.Nc1ncc(-c2ccc(-c3ccccc3-c3cn[nH]c3)cc2F)cn1. The molecule has 0 aliphatic heterocycles. The van der Waals surface area contributed by atoms with E-state index >= 15 is 0 Å². The molecule has 5 N–H and O–H groups in total. The summed E-state index contributed by atoms with van der Waals surface area (Å²) in [6.45, 7) is 0.176. The smallest absolute Gasteiger partial charge is 0.219 e. The maximum absolute atomic E-state index is 14.8. The second-order valence-electron chi connectivity index (χ2n) is 11.7. The van der Waals surface area contributed by atoms with Crippen molar-refractivity contribution < 1.29 is 8.78 Å². The van der Waals surface area contributed by atoms with Crippen molar-refractivity contribution in [1.82, 2.24) is 39.9 Å². The summed E-state index contributed by atoms with van der Waals surface area (Å²) in [5.41, 5.74) is 20.0. The van der Waals surface area contributed by atoms with Crippen molar-refractivity contribution in [2.24, 2.45) is 0 Å². The van der Waals surface area contributed by atoms with Crippen LogP contribution in [0.5, 0.6) is 0 Å². The van der Waals surface area contributed by atoms with Gasteiger partial charge in [-0.15, -0.1) is 0 Å². The number of nitrogens with two attached hydrogens (primary N) is 2. The van der Waals surface area contributed by atoms with Gasteiger partial charge in [0.15, 0.2) is 0 Å². The lowest BCUT2D eigenvalue weighted by atomic mass is 9.95. The largest absolute Gasteiger partial charge is 0.368 e. The summed E-state index contributed by atoms with van der Waals surface area (Å²) in [7, 11) is 0. The van der Waals surface area contributed by atoms with E-state index in [0.29, 0.717) is 22.3 Å². The molecule has 4 aromatic heterocycles. The molecule has 0 radical (unpaired) electrons. The second-order valence-corrected chi connectivity index (χ2v) is 11.7. The number of nitrogens with zero attached hydrogens (tertiary/aromatic N) is 8. The Labute approximate surface area is 302 Å². The zero-order valence-electron chi connectivity index (χ0n) is 27.9. The number of hydrogen-bond donors (Lipinski definition) is 3. The number of halogens is 2. The minimum absolute atomic E-state index is 0.145. The predicted molar refractivity (Wildman–Crippen MR) is 199 cm³/mol. The Morgan fingerprint density at radius 1 is 0.566 bits per heavy atom. The Balaban J connectivity index is 0.000000165. The van der Waals surface area contributed by atoms with E-state index in [4.69, 9.17) is 16.7 Å². The Morgan fingerprint density at radius 2 is 1.04 bits per heavy atom. The van der Waals surface area contributed by atoms with Gasteiger partial charge in [0.1, 0.15) is 18.2 Å². The molecular formula is C40H29F2N11. The van der Waals surface area contributed by atoms with Crippen LogP contribution in [0.15, 0.2) is 135 Å². The average molecular weight is 702 g/mol. The number of rotatable bonds is 7. The lowest BCUT2D eigenvalue weighted by molar-refractivity contribution is 0.631. The number of hydrogen-bond acceptors (Lipinski definition) is 9. The standard InChI is InChI=1S/C21H15FN6.C19H14FN5/c22-20-9-14(5-6-19(20)15-10-25-21(24)26-11-15)17-3-1-2-4-18(17)16-12-27-28(13-16)8-7-23;20-18-7-12(5-6-17(18)13-8-22-19(21)23-9-13)15-3-1-2-4-16(15)14-10-24-25-11-14/h1-6,9-13H,8H2,(H2,24,25,26);1-11H,(H,24,25)(H2,21,22,23). The lowest BCUT2D eigenvalue weighted by Crippen LogP contribution is -1.95. The number of anilines is 2. The third-order valence-electron chi connectivity index (χ3n) is 8.37. The van der Waals surface area contributed by atoms with Crippen molar-refractivity contribution in [3.8, 4) is 72.8 Å². The zero-order valence-corrected chi connectivity index (χ0v) is 27.9. The first kappa shape index (κ1) is 33.9. The number of aromatic nitrogens is 8. The Kier molecular flexibility index (Phi) is 9.66. The highest BCUT2D eigenvalue weighted by Gasteiger charge is 2.14. The third-order valence-corrected chi connectivity index (χ3v) is 8.37. The van der Waals surface area contributed by atoms with Gasteiger partial charge >= 0.3 is 0 Å². The molecule has 0 fully saturated rings. The highest BCUT2D eigenvalue weighted by Crippen LogP contribution is 2.35. The number of benzene rings is 4. The molecule has 0 aliphatic rings. The minimum Gasteiger partial charge on any atom is -0.368 e. The van der Waals surface area contributed by atoms with Crippen LogP contribution in [0.3, 0.4) is 0 Å². The number of nitriles is 1. The summed E-state index contributed by atoms with van der Waals surface area (Å²) >= 11 is 0. The van der Waals surface area contributed by atoms with Gasteiger partial charge in [0.05, 0.1) is 18.5 Å². The third kappa shape index (κ3) is 7.47. The molecule has 0 amide bonds. The molecular weight excluding hydrogens is 673 g/mol. The van der Waals surface area contributed by atoms with Crippen LogP contribution in [-0.4, -0.2) is 39.9 Å². The van der Waals surface area contributed by atoms with Crippen LogP contribution < -0.4 is 11.5 Å². The van der Waals surface area contributed by atoms with Gasteiger partial charge in [-0.1, -0.05) is 72.8 Å². The Morgan fingerprint density at radius 3 is 1.47 bits per heavy atom. The van der Waals surface area contributed by atoms with Crippen molar-refractivity contribution in [3.63, 3.8) is 0 Å². The second kappa shape index (κ2) is 15.1. The van der Waals surface area contributed by atoms with Gasteiger partial charge in [0.25, 0.3) is 0 Å². The van der Waals surface area contributed by atoms with Crippen LogP contribution in [-0.2, 0) is 6.54 Å². The first-order valence-electron chi connectivity index (χ1n) is 16.2. The predicted octanol–water partition coefficient (Wildman–Crippen LogP) is 7.84. The Hall–Kier alpha value is -7.59. The van der Waals surface area contributed by atoms with E-state index in [0.717, 1.165) is 44.5 Å². The summed E-state index contributed by atoms with van der Waals surface area (Å²) in [6, 6.07) is 27.8. The van der Waals surface area contributed by atoms with Gasteiger partial charge in [-0.25, -0.2) is 28.7 Å².